The summed E-state index contributed by atoms with van der Waals surface area (Å²) < 4.78 is 0. The van der Waals surface area contributed by atoms with E-state index < -0.39 is 0 Å². The smallest absolute Gasteiger partial charge is 0.222 e. The summed E-state index contributed by atoms with van der Waals surface area (Å²) in [5.41, 5.74) is 0.155. The zero-order valence-electron chi connectivity index (χ0n) is 10.9. The first-order valence-corrected chi connectivity index (χ1v) is 6.83. The highest BCUT2D eigenvalue weighted by molar-refractivity contribution is 5.78. The van der Waals surface area contributed by atoms with E-state index in [1.807, 2.05) is 13.8 Å². The van der Waals surface area contributed by atoms with Gasteiger partial charge in [-0.15, -0.1) is 0 Å². The molecule has 1 N–H and O–H groups in total. The quantitative estimate of drug-likeness (QED) is 0.765. The van der Waals surface area contributed by atoms with Gasteiger partial charge >= 0.3 is 0 Å². The van der Waals surface area contributed by atoms with Gasteiger partial charge in [-0.05, 0) is 37.5 Å². The summed E-state index contributed by atoms with van der Waals surface area (Å²) in [5, 5.41) is 3.35. The van der Waals surface area contributed by atoms with Crippen molar-refractivity contribution in [2.24, 2.45) is 17.8 Å². The van der Waals surface area contributed by atoms with Crippen LogP contribution in [0.4, 0.5) is 0 Å². The fraction of sp³-hybridized carbons (Fsp3) is 0.929. The molecule has 0 aromatic rings. The number of hydrogen-bond donors (Lipinski definition) is 1. The lowest BCUT2D eigenvalue weighted by Crippen LogP contribution is -2.55. The van der Waals surface area contributed by atoms with Gasteiger partial charge in [0.15, 0.2) is 0 Å². The number of fused-ring (bicyclic) bond motifs is 2. The van der Waals surface area contributed by atoms with Gasteiger partial charge in [0, 0.05) is 11.5 Å². The summed E-state index contributed by atoms with van der Waals surface area (Å²) in [4.78, 5) is 11.9. The Kier molecular flexibility index (Phi) is 3.27. The predicted molar refractivity (Wildman–Crippen MR) is 66.1 cm³/mol. The van der Waals surface area contributed by atoms with Gasteiger partial charge in [-0.1, -0.05) is 33.6 Å². The molecule has 0 aromatic carbocycles. The van der Waals surface area contributed by atoms with Gasteiger partial charge in [-0.3, -0.25) is 4.79 Å². The van der Waals surface area contributed by atoms with Crippen LogP contribution in [-0.4, -0.2) is 11.4 Å². The third kappa shape index (κ3) is 2.41. The van der Waals surface area contributed by atoms with Crippen LogP contribution in [0.15, 0.2) is 0 Å². The summed E-state index contributed by atoms with van der Waals surface area (Å²) in [5.74, 6) is 2.01. The first-order valence-electron chi connectivity index (χ1n) is 6.83. The van der Waals surface area contributed by atoms with Crippen LogP contribution in [0.25, 0.3) is 0 Å². The minimum absolute atomic E-state index is 0.118. The average molecular weight is 223 g/mol. The van der Waals surface area contributed by atoms with Crippen molar-refractivity contribution in [3.63, 3.8) is 0 Å². The lowest BCUT2D eigenvalue weighted by molar-refractivity contribution is -0.127. The van der Waals surface area contributed by atoms with E-state index >= 15 is 0 Å². The molecule has 3 unspecified atom stereocenters. The molecule has 2 saturated carbocycles. The van der Waals surface area contributed by atoms with Gasteiger partial charge in [0.25, 0.3) is 0 Å². The summed E-state index contributed by atoms with van der Waals surface area (Å²) in [7, 11) is 0. The maximum atomic E-state index is 11.9. The minimum Gasteiger partial charge on any atom is -0.350 e. The topological polar surface area (TPSA) is 29.1 Å². The van der Waals surface area contributed by atoms with Crippen molar-refractivity contribution in [2.75, 3.05) is 0 Å². The number of rotatable bonds is 2. The van der Waals surface area contributed by atoms with Gasteiger partial charge < -0.3 is 5.32 Å². The lowest BCUT2D eigenvalue weighted by atomic mass is 9.64. The molecule has 0 aromatic heterocycles. The monoisotopic (exact) mass is 223 g/mol. The molecule has 2 heteroatoms. The molecule has 0 heterocycles. The summed E-state index contributed by atoms with van der Waals surface area (Å²) >= 11 is 0. The molecular formula is C14H25NO. The molecule has 0 aliphatic heterocycles. The van der Waals surface area contributed by atoms with Gasteiger partial charge in [-0.25, -0.2) is 0 Å². The Hall–Kier alpha value is -0.530. The highest BCUT2D eigenvalue weighted by Crippen LogP contribution is 2.45. The SMILES string of the molecule is CC1CC2CCCC(NC(=O)C(C)C)(C1)C2. The van der Waals surface area contributed by atoms with Crippen LogP contribution in [0.2, 0.25) is 0 Å². The molecule has 2 fully saturated rings. The average Bonchev–Trinajstić information content (AvgIpc) is 2.15. The van der Waals surface area contributed by atoms with Crippen molar-refractivity contribution in [1.29, 1.82) is 0 Å². The number of carbonyl (C=O) groups excluding carboxylic acids is 1. The molecule has 0 radical (unpaired) electrons. The van der Waals surface area contributed by atoms with E-state index in [0.29, 0.717) is 0 Å². The molecule has 16 heavy (non-hydrogen) atoms. The zero-order chi connectivity index (χ0) is 11.8. The standard InChI is InChI=1S/C14H25NO/c1-10(2)13(16)15-14-6-4-5-12(9-14)7-11(3)8-14/h10-12H,4-9H2,1-3H3,(H,15,16). The van der Waals surface area contributed by atoms with E-state index in [-0.39, 0.29) is 17.4 Å². The van der Waals surface area contributed by atoms with Crippen molar-refractivity contribution in [2.45, 2.75) is 64.8 Å². The zero-order valence-corrected chi connectivity index (χ0v) is 10.9. The minimum atomic E-state index is 0.118. The Labute approximate surface area is 99.2 Å². The van der Waals surface area contributed by atoms with Crippen molar-refractivity contribution in [3.05, 3.63) is 0 Å². The Balaban J connectivity index is 2.06. The molecule has 0 saturated heterocycles. The molecule has 2 aliphatic rings. The van der Waals surface area contributed by atoms with E-state index in [4.69, 9.17) is 0 Å². The van der Waals surface area contributed by atoms with E-state index in [1.165, 1.54) is 38.5 Å². The summed E-state index contributed by atoms with van der Waals surface area (Å²) in [6.07, 6.45) is 7.68. The van der Waals surface area contributed by atoms with Crippen LogP contribution in [0.5, 0.6) is 0 Å². The van der Waals surface area contributed by atoms with E-state index in [9.17, 15) is 4.79 Å². The normalized spacial score (nSPS) is 38.5. The second-order valence-electron chi connectivity index (χ2n) is 6.43. The Morgan fingerprint density at radius 3 is 2.81 bits per heavy atom. The highest BCUT2D eigenvalue weighted by atomic mass is 16.2. The molecule has 2 nitrogen and oxygen atoms in total. The molecule has 1 amide bonds. The van der Waals surface area contributed by atoms with Gasteiger partial charge in [0.1, 0.15) is 0 Å². The first-order chi connectivity index (χ1) is 7.51. The third-order valence-corrected chi connectivity index (χ3v) is 4.33. The fourth-order valence-corrected chi connectivity index (χ4v) is 3.76. The fourth-order valence-electron chi connectivity index (χ4n) is 3.76. The maximum absolute atomic E-state index is 11.9. The molecule has 2 rings (SSSR count). The largest absolute Gasteiger partial charge is 0.350 e. The third-order valence-electron chi connectivity index (χ3n) is 4.33. The number of nitrogens with one attached hydrogen (secondary N) is 1. The Morgan fingerprint density at radius 1 is 1.38 bits per heavy atom. The van der Waals surface area contributed by atoms with E-state index in [1.54, 1.807) is 0 Å². The van der Waals surface area contributed by atoms with Crippen LogP contribution in [0.1, 0.15) is 59.3 Å². The molecule has 92 valence electrons. The van der Waals surface area contributed by atoms with E-state index in [2.05, 4.69) is 12.2 Å². The molecular weight excluding hydrogens is 198 g/mol. The van der Waals surface area contributed by atoms with Crippen molar-refractivity contribution in [3.8, 4) is 0 Å². The molecule has 3 atom stereocenters. The molecule has 2 bridgehead atoms. The predicted octanol–water partition coefficient (Wildman–Crippen LogP) is 3.12. The van der Waals surface area contributed by atoms with Crippen LogP contribution in [-0.2, 0) is 4.79 Å². The number of hydrogen-bond acceptors (Lipinski definition) is 1. The van der Waals surface area contributed by atoms with Gasteiger partial charge in [-0.2, -0.15) is 0 Å². The summed E-state index contributed by atoms with van der Waals surface area (Å²) in [6, 6.07) is 0. The van der Waals surface area contributed by atoms with Crippen LogP contribution in [0, 0.1) is 17.8 Å². The lowest BCUT2D eigenvalue weighted by Gasteiger charge is -2.48. The second-order valence-corrected chi connectivity index (χ2v) is 6.43. The van der Waals surface area contributed by atoms with Gasteiger partial charge in [0.05, 0.1) is 0 Å². The van der Waals surface area contributed by atoms with Crippen LogP contribution >= 0.6 is 0 Å². The Morgan fingerprint density at radius 2 is 2.12 bits per heavy atom. The first kappa shape index (κ1) is 11.9. The van der Waals surface area contributed by atoms with Gasteiger partial charge in [0.2, 0.25) is 5.91 Å². The highest BCUT2D eigenvalue weighted by Gasteiger charge is 2.42. The van der Waals surface area contributed by atoms with E-state index in [0.717, 1.165) is 11.8 Å². The van der Waals surface area contributed by atoms with Crippen molar-refractivity contribution >= 4 is 5.91 Å². The Bertz CT molecular complexity index is 270. The molecule has 2 aliphatic carbocycles. The van der Waals surface area contributed by atoms with Crippen LogP contribution in [0.3, 0.4) is 0 Å². The summed E-state index contributed by atoms with van der Waals surface area (Å²) in [6.45, 7) is 6.31. The number of amides is 1. The van der Waals surface area contributed by atoms with Crippen LogP contribution < -0.4 is 5.32 Å². The molecule has 0 spiro atoms. The second kappa shape index (κ2) is 4.38. The van der Waals surface area contributed by atoms with Crippen molar-refractivity contribution in [1.82, 2.24) is 5.32 Å². The van der Waals surface area contributed by atoms with Crippen molar-refractivity contribution < 1.29 is 4.79 Å². The maximum Gasteiger partial charge on any atom is 0.222 e. The number of carbonyl (C=O) groups is 1.